The summed E-state index contributed by atoms with van der Waals surface area (Å²) in [6.07, 6.45) is 1.57. The van der Waals surface area contributed by atoms with E-state index in [9.17, 15) is 18.0 Å². The molecule has 0 saturated carbocycles. The van der Waals surface area contributed by atoms with Crippen molar-refractivity contribution in [1.82, 2.24) is 9.62 Å². The Morgan fingerprint density at radius 1 is 0.964 bits per heavy atom. The largest absolute Gasteiger partial charge is 0.334 e. The summed E-state index contributed by atoms with van der Waals surface area (Å²) in [5, 5.41) is 7.95. The molecule has 3 amide bonds. The van der Waals surface area contributed by atoms with Gasteiger partial charge in [0.2, 0.25) is 10.0 Å². The van der Waals surface area contributed by atoms with Gasteiger partial charge in [0.25, 0.3) is 5.91 Å². The maximum absolute atomic E-state index is 12.3. The molecule has 0 aromatic heterocycles. The lowest BCUT2D eigenvalue weighted by atomic mass is 10.2. The summed E-state index contributed by atoms with van der Waals surface area (Å²) in [6, 6.07) is 11.9. The van der Waals surface area contributed by atoms with Crippen LogP contribution in [0.4, 0.5) is 16.2 Å². The Kier molecular flexibility index (Phi) is 6.91. The van der Waals surface area contributed by atoms with Gasteiger partial charge in [0, 0.05) is 37.6 Å². The molecule has 148 valence electrons. The molecule has 2 aromatic carbocycles. The number of rotatable bonds is 7. The van der Waals surface area contributed by atoms with Crippen molar-refractivity contribution in [3.05, 3.63) is 66.7 Å². The summed E-state index contributed by atoms with van der Waals surface area (Å²) in [7, 11) is -0.658. The van der Waals surface area contributed by atoms with Crippen LogP contribution in [-0.2, 0) is 10.0 Å². The number of nitrogens with one attached hydrogen (secondary N) is 3. The quantitative estimate of drug-likeness (QED) is 0.619. The number of urea groups is 1. The lowest BCUT2D eigenvalue weighted by Gasteiger charge is -2.12. The van der Waals surface area contributed by atoms with Crippen molar-refractivity contribution < 1.29 is 18.0 Å². The third-order valence-corrected chi connectivity index (χ3v) is 5.53. The Morgan fingerprint density at radius 3 is 2.00 bits per heavy atom. The average Bonchev–Trinajstić information content (AvgIpc) is 2.67. The highest BCUT2D eigenvalue weighted by Crippen LogP contribution is 2.17. The molecule has 0 aliphatic carbocycles. The SMILES string of the molecule is C=CCNC(=O)Nc1ccc(NC(=O)c2ccc(S(=O)(=O)N(C)C)cc2)cc1. The Balaban J connectivity index is 2.01. The van der Waals surface area contributed by atoms with E-state index >= 15 is 0 Å². The van der Waals surface area contributed by atoms with E-state index in [-0.39, 0.29) is 16.8 Å². The van der Waals surface area contributed by atoms with E-state index in [0.717, 1.165) is 4.31 Å². The van der Waals surface area contributed by atoms with Gasteiger partial charge in [-0.15, -0.1) is 6.58 Å². The fourth-order valence-electron chi connectivity index (χ4n) is 2.17. The van der Waals surface area contributed by atoms with E-state index in [0.29, 0.717) is 23.5 Å². The Labute approximate surface area is 164 Å². The van der Waals surface area contributed by atoms with Crippen LogP contribution in [0, 0.1) is 0 Å². The number of nitrogens with zero attached hydrogens (tertiary/aromatic N) is 1. The smallest absolute Gasteiger partial charge is 0.319 e. The third kappa shape index (κ3) is 5.41. The molecule has 0 spiro atoms. The van der Waals surface area contributed by atoms with Crippen LogP contribution in [0.1, 0.15) is 10.4 Å². The Bertz CT molecular complexity index is 952. The average molecular weight is 402 g/mol. The van der Waals surface area contributed by atoms with Crippen LogP contribution in [-0.4, -0.2) is 45.3 Å². The van der Waals surface area contributed by atoms with Gasteiger partial charge in [0.05, 0.1) is 4.90 Å². The fraction of sp³-hybridized carbons (Fsp3) is 0.158. The minimum atomic E-state index is -3.54. The number of benzene rings is 2. The van der Waals surface area contributed by atoms with Gasteiger partial charge >= 0.3 is 6.03 Å². The summed E-state index contributed by atoms with van der Waals surface area (Å²) in [6.45, 7) is 3.87. The van der Waals surface area contributed by atoms with Gasteiger partial charge in [-0.3, -0.25) is 4.79 Å². The van der Waals surface area contributed by atoms with Gasteiger partial charge in [-0.1, -0.05) is 6.08 Å². The van der Waals surface area contributed by atoms with Crippen molar-refractivity contribution in [3.63, 3.8) is 0 Å². The molecule has 8 nitrogen and oxygen atoms in total. The monoisotopic (exact) mass is 402 g/mol. The highest BCUT2D eigenvalue weighted by molar-refractivity contribution is 7.89. The van der Waals surface area contributed by atoms with Crippen molar-refractivity contribution in [3.8, 4) is 0 Å². The second-order valence-corrected chi connectivity index (χ2v) is 8.12. The standard InChI is InChI=1S/C19H22N4O4S/c1-4-13-20-19(25)22-16-9-7-15(8-10-16)21-18(24)14-5-11-17(12-6-14)28(26,27)23(2)3/h4-12H,1,13H2,2-3H3,(H,21,24)(H2,20,22,25). The molecular weight excluding hydrogens is 380 g/mol. The van der Waals surface area contributed by atoms with Crippen LogP contribution in [0.5, 0.6) is 0 Å². The second kappa shape index (κ2) is 9.16. The van der Waals surface area contributed by atoms with Crippen LogP contribution in [0.2, 0.25) is 0 Å². The van der Waals surface area contributed by atoms with E-state index in [2.05, 4.69) is 22.5 Å². The fourth-order valence-corrected chi connectivity index (χ4v) is 3.07. The first-order chi connectivity index (χ1) is 13.2. The first kappa shape index (κ1) is 21.1. The van der Waals surface area contributed by atoms with Crippen molar-refractivity contribution in [2.24, 2.45) is 0 Å². The zero-order valence-corrected chi connectivity index (χ0v) is 16.4. The molecule has 9 heteroatoms. The van der Waals surface area contributed by atoms with Crippen LogP contribution in [0.15, 0.2) is 66.1 Å². The number of hydrogen-bond acceptors (Lipinski definition) is 4. The number of carbonyl (C=O) groups is 2. The molecule has 0 heterocycles. The predicted molar refractivity (Wildman–Crippen MR) is 109 cm³/mol. The number of carbonyl (C=O) groups excluding carboxylic acids is 2. The number of anilines is 2. The molecular formula is C19H22N4O4S. The van der Waals surface area contributed by atoms with E-state index in [1.54, 1.807) is 30.3 Å². The zero-order valence-electron chi connectivity index (χ0n) is 15.6. The zero-order chi connectivity index (χ0) is 20.7. The van der Waals surface area contributed by atoms with Crippen LogP contribution in [0.3, 0.4) is 0 Å². The minimum absolute atomic E-state index is 0.110. The number of amides is 3. The molecule has 0 saturated heterocycles. The number of hydrogen-bond donors (Lipinski definition) is 3. The Hall–Kier alpha value is -3.17. The van der Waals surface area contributed by atoms with E-state index in [1.165, 1.54) is 38.4 Å². The highest BCUT2D eigenvalue weighted by atomic mass is 32.2. The molecule has 0 radical (unpaired) electrons. The van der Waals surface area contributed by atoms with E-state index < -0.39 is 10.0 Å². The first-order valence-electron chi connectivity index (χ1n) is 8.34. The van der Waals surface area contributed by atoms with Crippen molar-refractivity contribution >= 4 is 33.3 Å². The summed E-state index contributed by atoms with van der Waals surface area (Å²) < 4.78 is 25.2. The van der Waals surface area contributed by atoms with Gasteiger partial charge in [-0.05, 0) is 48.5 Å². The van der Waals surface area contributed by atoms with E-state index in [1.807, 2.05) is 0 Å². The molecule has 0 atom stereocenters. The highest BCUT2D eigenvalue weighted by Gasteiger charge is 2.17. The number of sulfonamides is 1. The lowest BCUT2D eigenvalue weighted by Crippen LogP contribution is -2.28. The third-order valence-electron chi connectivity index (χ3n) is 3.70. The molecule has 2 aromatic rings. The second-order valence-electron chi connectivity index (χ2n) is 5.97. The van der Waals surface area contributed by atoms with Crippen molar-refractivity contribution in [2.75, 3.05) is 31.3 Å². The maximum atomic E-state index is 12.3. The van der Waals surface area contributed by atoms with Gasteiger partial charge in [0.15, 0.2) is 0 Å². The minimum Gasteiger partial charge on any atom is -0.334 e. The van der Waals surface area contributed by atoms with Crippen LogP contribution in [0.25, 0.3) is 0 Å². The van der Waals surface area contributed by atoms with Crippen molar-refractivity contribution in [2.45, 2.75) is 4.90 Å². The van der Waals surface area contributed by atoms with Crippen LogP contribution < -0.4 is 16.0 Å². The molecule has 0 aliphatic heterocycles. The van der Waals surface area contributed by atoms with Gasteiger partial charge in [0.1, 0.15) is 0 Å². The summed E-state index contributed by atoms with van der Waals surface area (Å²) in [5.41, 5.74) is 1.42. The normalized spacial score (nSPS) is 11.0. The molecule has 3 N–H and O–H groups in total. The predicted octanol–water partition coefficient (Wildman–Crippen LogP) is 2.50. The van der Waals surface area contributed by atoms with Crippen molar-refractivity contribution in [1.29, 1.82) is 0 Å². The maximum Gasteiger partial charge on any atom is 0.319 e. The topological polar surface area (TPSA) is 108 Å². The Morgan fingerprint density at radius 2 is 1.50 bits per heavy atom. The molecule has 0 bridgehead atoms. The molecule has 0 fully saturated rings. The first-order valence-corrected chi connectivity index (χ1v) is 9.78. The van der Waals surface area contributed by atoms with Gasteiger partial charge in [-0.2, -0.15) is 0 Å². The molecule has 0 aliphatic rings. The van der Waals surface area contributed by atoms with Crippen LogP contribution >= 0.6 is 0 Å². The lowest BCUT2D eigenvalue weighted by molar-refractivity contribution is 0.102. The van der Waals surface area contributed by atoms with Gasteiger partial charge < -0.3 is 16.0 Å². The van der Waals surface area contributed by atoms with E-state index in [4.69, 9.17) is 0 Å². The van der Waals surface area contributed by atoms with Gasteiger partial charge in [-0.25, -0.2) is 17.5 Å². The summed E-state index contributed by atoms with van der Waals surface area (Å²) in [5.74, 6) is -0.377. The molecule has 2 rings (SSSR count). The summed E-state index contributed by atoms with van der Waals surface area (Å²) in [4.78, 5) is 24.0. The molecule has 0 unspecified atom stereocenters. The summed E-state index contributed by atoms with van der Waals surface area (Å²) >= 11 is 0. The molecule has 28 heavy (non-hydrogen) atoms.